The van der Waals surface area contributed by atoms with Gasteiger partial charge < -0.3 is 9.47 Å². The maximum atomic E-state index is 11.4. The molecule has 0 N–H and O–H groups in total. The number of hydrogen-bond donors (Lipinski definition) is 0. The Morgan fingerprint density at radius 2 is 1.53 bits per heavy atom. The smallest absolute Gasteiger partial charge is 0.333 e. The van der Waals surface area contributed by atoms with Gasteiger partial charge in [-0.2, -0.15) is 0 Å². The van der Waals surface area contributed by atoms with Crippen molar-refractivity contribution < 1.29 is 19.1 Å². The highest BCUT2D eigenvalue weighted by Gasteiger charge is 2.24. The van der Waals surface area contributed by atoms with Crippen LogP contribution in [0.4, 0.5) is 0 Å². The van der Waals surface area contributed by atoms with E-state index < -0.39 is 4.32 Å². The summed E-state index contributed by atoms with van der Waals surface area (Å²) in [6.07, 6.45) is 3.53. The second-order valence-electron chi connectivity index (χ2n) is 4.94. The number of esters is 2. The minimum Gasteiger partial charge on any atom is -0.465 e. The Hall–Kier alpha value is -0.840. The van der Waals surface area contributed by atoms with Gasteiger partial charge in [0.25, 0.3) is 0 Å². The summed E-state index contributed by atoms with van der Waals surface area (Å²) in [7, 11) is 0. The van der Waals surface area contributed by atoms with Gasteiger partial charge in [-0.3, -0.25) is 4.79 Å². The highest BCUT2D eigenvalue weighted by Crippen LogP contribution is 2.17. The SMILES string of the molecule is C=C(C)C(=O)OCCCCCCOC(=O)C(C)(C)Br. The molecular weight excluding hydrogens is 312 g/mol. The molecule has 0 amide bonds. The molecule has 19 heavy (non-hydrogen) atoms. The molecule has 0 aliphatic heterocycles. The third-order valence-electron chi connectivity index (χ3n) is 2.34. The highest BCUT2D eigenvalue weighted by atomic mass is 79.9. The van der Waals surface area contributed by atoms with Crippen LogP contribution in [-0.4, -0.2) is 29.5 Å². The average Bonchev–Trinajstić information content (AvgIpc) is 2.30. The zero-order valence-electron chi connectivity index (χ0n) is 12.0. The first-order valence-electron chi connectivity index (χ1n) is 6.44. The molecule has 0 aromatic carbocycles. The first-order chi connectivity index (χ1) is 8.75. The van der Waals surface area contributed by atoms with Gasteiger partial charge in [0.2, 0.25) is 0 Å². The molecule has 0 aromatic heterocycles. The molecule has 0 radical (unpaired) electrons. The Labute approximate surface area is 123 Å². The molecule has 5 heteroatoms. The maximum Gasteiger partial charge on any atom is 0.333 e. The predicted molar refractivity (Wildman–Crippen MR) is 78.2 cm³/mol. The number of carbonyl (C=O) groups is 2. The van der Waals surface area contributed by atoms with E-state index in [1.54, 1.807) is 20.8 Å². The fourth-order valence-electron chi connectivity index (χ4n) is 1.18. The lowest BCUT2D eigenvalue weighted by molar-refractivity contribution is -0.145. The van der Waals surface area contributed by atoms with Crippen LogP contribution in [0.15, 0.2) is 12.2 Å². The lowest BCUT2D eigenvalue weighted by Crippen LogP contribution is -2.26. The average molecular weight is 335 g/mol. The minimum absolute atomic E-state index is 0.247. The summed E-state index contributed by atoms with van der Waals surface area (Å²) in [5.74, 6) is -0.587. The van der Waals surface area contributed by atoms with Crippen LogP contribution in [0.2, 0.25) is 0 Å². The van der Waals surface area contributed by atoms with Gasteiger partial charge >= 0.3 is 11.9 Å². The Bertz CT molecular complexity index is 318. The molecule has 0 fully saturated rings. The van der Waals surface area contributed by atoms with Crippen LogP contribution in [0, 0.1) is 0 Å². The molecule has 0 atom stereocenters. The molecule has 0 spiro atoms. The number of rotatable bonds is 9. The van der Waals surface area contributed by atoms with Gasteiger partial charge in [-0.25, -0.2) is 4.79 Å². The lowest BCUT2D eigenvalue weighted by atomic mass is 10.2. The second-order valence-corrected chi connectivity index (χ2v) is 6.92. The molecule has 0 bridgehead atoms. The summed E-state index contributed by atoms with van der Waals surface area (Å²) < 4.78 is 9.44. The zero-order valence-corrected chi connectivity index (χ0v) is 13.5. The number of ether oxygens (including phenoxy) is 2. The van der Waals surface area contributed by atoms with Crippen LogP contribution < -0.4 is 0 Å². The van der Waals surface area contributed by atoms with Crippen molar-refractivity contribution in [2.75, 3.05) is 13.2 Å². The zero-order chi connectivity index (χ0) is 14.9. The van der Waals surface area contributed by atoms with E-state index in [-0.39, 0.29) is 11.9 Å². The number of carbonyl (C=O) groups excluding carboxylic acids is 2. The molecule has 0 unspecified atom stereocenters. The van der Waals surface area contributed by atoms with E-state index in [0.29, 0.717) is 18.8 Å². The molecule has 0 heterocycles. The quantitative estimate of drug-likeness (QED) is 0.281. The molecule has 0 aliphatic carbocycles. The van der Waals surface area contributed by atoms with Gasteiger partial charge in [0.1, 0.15) is 4.32 Å². The Kier molecular flexibility index (Phi) is 8.72. The van der Waals surface area contributed by atoms with Crippen LogP contribution >= 0.6 is 15.9 Å². The van der Waals surface area contributed by atoms with Crippen LogP contribution in [0.25, 0.3) is 0 Å². The van der Waals surface area contributed by atoms with E-state index in [1.165, 1.54) is 0 Å². The summed E-state index contributed by atoms with van der Waals surface area (Å²) in [5, 5.41) is 0. The van der Waals surface area contributed by atoms with Crippen molar-refractivity contribution in [1.82, 2.24) is 0 Å². The fourth-order valence-corrected chi connectivity index (χ4v) is 1.30. The van der Waals surface area contributed by atoms with Crippen molar-refractivity contribution >= 4 is 27.9 Å². The summed E-state index contributed by atoms with van der Waals surface area (Å²) in [6, 6.07) is 0. The number of halogens is 1. The van der Waals surface area contributed by atoms with Crippen LogP contribution in [0.3, 0.4) is 0 Å². The van der Waals surface area contributed by atoms with Gasteiger partial charge in [0.05, 0.1) is 13.2 Å². The normalized spacial score (nSPS) is 10.9. The first kappa shape index (κ1) is 18.2. The molecule has 0 saturated heterocycles. The van der Waals surface area contributed by atoms with Gasteiger partial charge in [-0.05, 0) is 46.5 Å². The topological polar surface area (TPSA) is 52.6 Å². The number of alkyl halides is 1. The van der Waals surface area contributed by atoms with E-state index in [2.05, 4.69) is 22.5 Å². The van der Waals surface area contributed by atoms with Crippen LogP contribution in [-0.2, 0) is 19.1 Å². The summed E-state index contributed by atoms with van der Waals surface area (Å²) >= 11 is 3.24. The number of unbranched alkanes of at least 4 members (excludes halogenated alkanes) is 3. The van der Waals surface area contributed by atoms with E-state index in [1.807, 2.05) is 0 Å². The molecular formula is C14H23BrO4. The predicted octanol–water partition coefficient (Wildman–Crippen LogP) is 3.38. The summed E-state index contributed by atoms with van der Waals surface area (Å²) in [6.45, 7) is 9.49. The van der Waals surface area contributed by atoms with E-state index in [0.717, 1.165) is 25.7 Å². The van der Waals surface area contributed by atoms with Crippen molar-refractivity contribution in [3.63, 3.8) is 0 Å². The second kappa shape index (κ2) is 9.13. The van der Waals surface area contributed by atoms with Crippen LogP contribution in [0.1, 0.15) is 46.5 Å². The molecule has 0 aliphatic rings. The fraction of sp³-hybridized carbons (Fsp3) is 0.714. The highest BCUT2D eigenvalue weighted by molar-refractivity contribution is 9.10. The third kappa shape index (κ3) is 9.70. The van der Waals surface area contributed by atoms with Crippen molar-refractivity contribution in [1.29, 1.82) is 0 Å². The van der Waals surface area contributed by atoms with Crippen molar-refractivity contribution in [3.05, 3.63) is 12.2 Å². The van der Waals surface area contributed by atoms with Gasteiger partial charge in [0, 0.05) is 5.57 Å². The molecule has 0 rings (SSSR count). The summed E-state index contributed by atoms with van der Waals surface area (Å²) in [5.41, 5.74) is 0.421. The largest absolute Gasteiger partial charge is 0.465 e. The van der Waals surface area contributed by atoms with Gasteiger partial charge in [-0.1, -0.05) is 22.5 Å². The van der Waals surface area contributed by atoms with Gasteiger partial charge in [0.15, 0.2) is 0 Å². The van der Waals surface area contributed by atoms with Crippen molar-refractivity contribution in [3.8, 4) is 0 Å². The standard InChI is InChI=1S/C14H23BrO4/c1-11(2)12(16)18-9-7-5-6-8-10-19-13(17)14(3,4)15/h1,5-10H2,2-4H3. The molecule has 0 saturated carbocycles. The minimum atomic E-state index is -0.621. The Balaban J connectivity index is 3.40. The number of hydrogen-bond acceptors (Lipinski definition) is 4. The van der Waals surface area contributed by atoms with E-state index in [4.69, 9.17) is 9.47 Å². The third-order valence-corrected chi connectivity index (χ3v) is 2.66. The van der Waals surface area contributed by atoms with E-state index >= 15 is 0 Å². The molecule has 0 aromatic rings. The van der Waals surface area contributed by atoms with Crippen LogP contribution in [0.5, 0.6) is 0 Å². The van der Waals surface area contributed by atoms with Gasteiger partial charge in [-0.15, -0.1) is 0 Å². The molecule has 4 nitrogen and oxygen atoms in total. The van der Waals surface area contributed by atoms with Crippen molar-refractivity contribution in [2.45, 2.75) is 50.8 Å². The van der Waals surface area contributed by atoms with E-state index in [9.17, 15) is 9.59 Å². The Morgan fingerprint density at radius 3 is 1.95 bits per heavy atom. The monoisotopic (exact) mass is 334 g/mol. The molecule has 110 valence electrons. The summed E-state index contributed by atoms with van der Waals surface area (Å²) in [4.78, 5) is 22.5. The maximum absolute atomic E-state index is 11.4. The van der Waals surface area contributed by atoms with Crippen molar-refractivity contribution in [2.24, 2.45) is 0 Å². The lowest BCUT2D eigenvalue weighted by Gasteiger charge is -2.14. The Morgan fingerprint density at radius 1 is 1.05 bits per heavy atom. The first-order valence-corrected chi connectivity index (χ1v) is 7.23.